The van der Waals surface area contributed by atoms with Crippen molar-refractivity contribution >= 4 is 11.7 Å². The SMILES string of the molecule is COCCCNC(=O)Nc1ccccc1OC(C)C. The highest BCUT2D eigenvalue weighted by Crippen LogP contribution is 2.24. The van der Waals surface area contributed by atoms with Crippen LogP contribution in [0, 0.1) is 0 Å². The largest absolute Gasteiger partial charge is 0.489 e. The molecule has 0 saturated heterocycles. The first-order chi connectivity index (χ1) is 9.13. The number of methoxy groups -OCH3 is 1. The molecule has 1 aromatic rings. The van der Waals surface area contributed by atoms with E-state index in [0.717, 1.165) is 6.42 Å². The number of anilines is 1. The lowest BCUT2D eigenvalue weighted by Gasteiger charge is -2.15. The van der Waals surface area contributed by atoms with E-state index in [1.165, 1.54) is 0 Å². The van der Waals surface area contributed by atoms with E-state index in [-0.39, 0.29) is 12.1 Å². The molecule has 5 heteroatoms. The Kier molecular flexibility index (Phi) is 6.74. The second kappa shape index (κ2) is 8.37. The number of hydrogen-bond donors (Lipinski definition) is 2. The van der Waals surface area contributed by atoms with Crippen molar-refractivity contribution in [1.82, 2.24) is 5.32 Å². The molecule has 0 aliphatic heterocycles. The third kappa shape index (κ3) is 6.10. The zero-order chi connectivity index (χ0) is 14.1. The van der Waals surface area contributed by atoms with Gasteiger partial charge in [-0.25, -0.2) is 4.79 Å². The number of para-hydroxylation sites is 2. The Hall–Kier alpha value is -1.75. The molecular weight excluding hydrogens is 244 g/mol. The minimum absolute atomic E-state index is 0.0627. The molecular formula is C14H22N2O3. The van der Waals surface area contributed by atoms with Gasteiger partial charge in [-0.2, -0.15) is 0 Å². The van der Waals surface area contributed by atoms with Crippen molar-refractivity contribution in [2.75, 3.05) is 25.6 Å². The number of carbonyl (C=O) groups excluding carboxylic acids is 1. The average Bonchev–Trinajstić information content (AvgIpc) is 2.36. The molecule has 0 bridgehead atoms. The van der Waals surface area contributed by atoms with Gasteiger partial charge in [-0.05, 0) is 32.4 Å². The highest BCUT2D eigenvalue weighted by Gasteiger charge is 2.07. The normalized spacial score (nSPS) is 10.3. The maximum Gasteiger partial charge on any atom is 0.319 e. The summed E-state index contributed by atoms with van der Waals surface area (Å²) in [6.45, 7) is 5.10. The summed E-state index contributed by atoms with van der Waals surface area (Å²) in [6.07, 6.45) is 0.848. The maximum absolute atomic E-state index is 11.7. The Morgan fingerprint density at radius 2 is 2.05 bits per heavy atom. The van der Waals surface area contributed by atoms with E-state index < -0.39 is 0 Å². The number of urea groups is 1. The van der Waals surface area contributed by atoms with Gasteiger partial charge in [0.1, 0.15) is 5.75 Å². The summed E-state index contributed by atoms with van der Waals surface area (Å²) in [5.41, 5.74) is 0.667. The van der Waals surface area contributed by atoms with Gasteiger partial charge >= 0.3 is 6.03 Å². The fourth-order valence-electron chi connectivity index (χ4n) is 1.51. The molecule has 0 saturated carbocycles. The first-order valence-electron chi connectivity index (χ1n) is 6.43. The number of nitrogens with one attached hydrogen (secondary N) is 2. The topological polar surface area (TPSA) is 59.6 Å². The Bertz CT molecular complexity index is 394. The van der Waals surface area contributed by atoms with Crippen LogP contribution in [0.5, 0.6) is 5.75 Å². The van der Waals surface area contributed by atoms with E-state index in [9.17, 15) is 4.79 Å². The maximum atomic E-state index is 11.7. The van der Waals surface area contributed by atoms with Gasteiger partial charge in [-0.15, -0.1) is 0 Å². The molecule has 0 aliphatic rings. The molecule has 106 valence electrons. The molecule has 0 unspecified atom stereocenters. The fourth-order valence-corrected chi connectivity index (χ4v) is 1.51. The van der Waals surface area contributed by atoms with Crippen LogP contribution in [-0.4, -0.2) is 32.4 Å². The van der Waals surface area contributed by atoms with Gasteiger partial charge in [0.05, 0.1) is 11.8 Å². The highest BCUT2D eigenvalue weighted by atomic mass is 16.5. The molecule has 1 rings (SSSR count). The van der Waals surface area contributed by atoms with Gasteiger partial charge in [-0.3, -0.25) is 0 Å². The number of benzene rings is 1. The molecule has 0 fully saturated rings. The van der Waals surface area contributed by atoms with Crippen LogP contribution in [0.1, 0.15) is 20.3 Å². The van der Waals surface area contributed by atoms with Crippen LogP contribution in [0.4, 0.5) is 10.5 Å². The number of amides is 2. The predicted octanol–water partition coefficient (Wildman–Crippen LogP) is 2.63. The summed E-state index contributed by atoms with van der Waals surface area (Å²) >= 11 is 0. The van der Waals surface area contributed by atoms with Crippen LogP contribution in [0.15, 0.2) is 24.3 Å². The zero-order valence-corrected chi connectivity index (χ0v) is 11.7. The fraction of sp³-hybridized carbons (Fsp3) is 0.500. The molecule has 19 heavy (non-hydrogen) atoms. The van der Waals surface area contributed by atoms with Crippen LogP contribution < -0.4 is 15.4 Å². The lowest BCUT2D eigenvalue weighted by atomic mass is 10.3. The van der Waals surface area contributed by atoms with Crippen molar-refractivity contribution in [3.63, 3.8) is 0 Å². The lowest BCUT2D eigenvalue weighted by Crippen LogP contribution is -2.30. The first kappa shape index (κ1) is 15.3. The molecule has 1 aromatic carbocycles. The van der Waals surface area contributed by atoms with Crippen LogP contribution in [0.3, 0.4) is 0 Å². The van der Waals surface area contributed by atoms with Gasteiger partial charge in [0, 0.05) is 20.3 Å². The average molecular weight is 266 g/mol. The van der Waals surface area contributed by atoms with Gasteiger partial charge < -0.3 is 20.1 Å². The molecule has 0 aromatic heterocycles. The molecule has 0 heterocycles. The second-order valence-corrected chi connectivity index (χ2v) is 4.39. The zero-order valence-electron chi connectivity index (χ0n) is 11.7. The van der Waals surface area contributed by atoms with E-state index in [4.69, 9.17) is 9.47 Å². The predicted molar refractivity (Wildman–Crippen MR) is 75.7 cm³/mol. The van der Waals surface area contributed by atoms with E-state index in [0.29, 0.717) is 24.6 Å². The van der Waals surface area contributed by atoms with E-state index in [1.54, 1.807) is 7.11 Å². The number of rotatable bonds is 7. The molecule has 0 atom stereocenters. The van der Waals surface area contributed by atoms with Crippen molar-refractivity contribution < 1.29 is 14.3 Å². The Morgan fingerprint density at radius 3 is 2.74 bits per heavy atom. The van der Waals surface area contributed by atoms with Crippen molar-refractivity contribution in [1.29, 1.82) is 0 Å². The highest BCUT2D eigenvalue weighted by molar-refractivity contribution is 5.90. The van der Waals surface area contributed by atoms with Crippen LogP contribution in [0.25, 0.3) is 0 Å². The molecule has 2 amide bonds. The van der Waals surface area contributed by atoms with E-state index in [1.807, 2.05) is 38.1 Å². The molecule has 5 nitrogen and oxygen atoms in total. The third-order valence-electron chi connectivity index (χ3n) is 2.31. The minimum atomic E-state index is -0.240. The monoisotopic (exact) mass is 266 g/mol. The standard InChI is InChI=1S/C14H22N2O3/c1-11(2)19-13-8-5-4-7-12(13)16-14(17)15-9-6-10-18-3/h4-5,7-8,11H,6,9-10H2,1-3H3,(H2,15,16,17). The van der Waals surface area contributed by atoms with Gasteiger partial charge in [0.25, 0.3) is 0 Å². The van der Waals surface area contributed by atoms with Crippen molar-refractivity contribution in [3.05, 3.63) is 24.3 Å². The Morgan fingerprint density at radius 1 is 1.32 bits per heavy atom. The second-order valence-electron chi connectivity index (χ2n) is 4.39. The number of hydrogen-bond acceptors (Lipinski definition) is 3. The summed E-state index contributed by atoms with van der Waals surface area (Å²) in [7, 11) is 1.64. The summed E-state index contributed by atoms with van der Waals surface area (Å²) in [5, 5.41) is 5.54. The smallest absolute Gasteiger partial charge is 0.319 e. The molecule has 2 N–H and O–H groups in total. The summed E-state index contributed by atoms with van der Waals surface area (Å²) in [5.74, 6) is 0.671. The Labute approximate surface area is 114 Å². The van der Waals surface area contributed by atoms with Crippen molar-refractivity contribution in [3.8, 4) is 5.75 Å². The number of carbonyl (C=O) groups is 1. The first-order valence-corrected chi connectivity index (χ1v) is 6.43. The quantitative estimate of drug-likeness (QED) is 0.746. The van der Waals surface area contributed by atoms with Gasteiger partial charge in [-0.1, -0.05) is 12.1 Å². The van der Waals surface area contributed by atoms with E-state index >= 15 is 0 Å². The van der Waals surface area contributed by atoms with Gasteiger partial charge in [0.15, 0.2) is 0 Å². The Balaban J connectivity index is 2.49. The van der Waals surface area contributed by atoms with Crippen LogP contribution in [-0.2, 0) is 4.74 Å². The van der Waals surface area contributed by atoms with Crippen LogP contribution in [0.2, 0.25) is 0 Å². The summed E-state index contributed by atoms with van der Waals surface area (Å²) in [6, 6.07) is 7.14. The number of ether oxygens (including phenoxy) is 2. The van der Waals surface area contributed by atoms with Crippen molar-refractivity contribution in [2.24, 2.45) is 0 Å². The molecule has 0 aliphatic carbocycles. The van der Waals surface area contributed by atoms with Gasteiger partial charge in [0.2, 0.25) is 0 Å². The van der Waals surface area contributed by atoms with Crippen molar-refractivity contribution in [2.45, 2.75) is 26.4 Å². The summed E-state index contributed by atoms with van der Waals surface area (Å²) < 4.78 is 10.5. The molecule has 0 radical (unpaired) electrons. The molecule has 0 spiro atoms. The minimum Gasteiger partial charge on any atom is -0.489 e. The van der Waals surface area contributed by atoms with E-state index in [2.05, 4.69) is 10.6 Å². The third-order valence-corrected chi connectivity index (χ3v) is 2.31. The lowest BCUT2D eigenvalue weighted by molar-refractivity contribution is 0.194. The summed E-state index contributed by atoms with van der Waals surface area (Å²) in [4.78, 5) is 11.7. The van der Waals surface area contributed by atoms with Crippen LogP contribution >= 0.6 is 0 Å².